The Kier molecular flexibility index (Phi) is 5.88. The molecule has 0 aliphatic carbocycles. The number of aliphatic imine (C=N–C) groups is 1. The van der Waals surface area contributed by atoms with Gasteiger partial charge in [0.2, 0.25) is 0 Å². The molecule has 0 saturated heterocycles. The van der Waals surface area contributed by atoms with E-state index in [0.717, 1.165) is 37.4 Å². The summed E-state index contributed by atoms with van der Waals surface area (Å²) in [6, 6.07) is 15.0. The van der Waals surface area contributed by atoms with Crippen LogP contribution in [-0.4, -0.2) is 41.8 Å². The number of nitrogens with zero attached hydrogens (tertiary/aromatic N) is 3. The first kappa shape index (κ1) is 19.9. The number of methoxy groups -OCH3 is 1. The topological polar surface area (TPSA) is 28.1 Å². The molecule has 0 amide bonds. The van der Waals surface area contributed by atoms with Gasteiger partial charge in [0.15, 0.2) is 5.62 Å². The Morgan fingerprint density at radius 3 is 2.52 bits per heavy atom. The van der Waals surface area contributed by atoms with E-state index in [4.69, 9.17) is 16.3 Å². The third kappa shape index (κ3) is 4.02. The van der Waals surface area contributed by atoms with Crippen molar-refractivity contribution in [2.45, 2.75) is 31.6 Å². The second-order valence-electron chi connectivity index (χ2n) is 7.31. The van der Waals surface area contributed by atoms with E-state index in [0.29, 0.717) is 0 Å². The van der Waals surface area contributed by atoms with Crippen LogP contribution in [0.25, 0.3) is 0 Å². The number of benzene rings is 2. The normalized spacial score (nSPS) is 22.0. The molecule has 2 heterocycles. The number of halogens is 2. The second-order valence-corrected chi connectivity index (χ2v) is 7.70. The van der Waals surface area contributed by atoms with Crippen molar-refractivity contribution in [3.63, 3.8) is 0 Å². The van der Waals surface area contributed by atoms with Gasteiger partial charge in [0.1, 0.15) is 11.6 Å². The smallest absolute Gasteiger partial charge is 0.197 e. The standard InChI is InChI=1S/C23H25ClFN3O/c1-3-28-22-18(14-26-23(28)24)12-13-27(15-16-4-10-20(29-2)11-5-16)21(22)17-6-8-19(25)9-7-17/h4-11,14,21,23H,3,12-13,15H2,1-2H3. The van der Waals surface area contributed by atoms with E-state index in [1.807, 2.05) is 30.5 Å². The predicted molar refractivity (Wildman–Crippen MR) is 115 cm³/mol. The number of alkyl halides is 1. The lowest BCUT2D eigenvalue weighted by atomic mass is 9.91. The second kappa shape index (κ2) is 8.56. The molecule has 2 atom stereocenters. The summed E-state index contributed by atoms with van der Waals surface area (Å²) < 4.78 is 18.9. The highest BCUT2D eigenvalue weighted by Crippen LogP contribution is 2.41. The summed E-state index contributed by atoms with van der Waals surface area (Å²) in [7, 11) is 1.67. The van der Waals surface area contributed by atoms with E-state index in [1.165, 1.54) is 29.0 Å². The quantitative estimate of drug-likeness (QED) is 0.512. The largest absolute Gasteiger partial charge is 0.497 e. The summed E-state index contributed by atoms with van der Waals surface area (Å²) in [4.78, 5) is 9.03. The van der Waals surface area contributed by atoms with Crippen LogP contribution in [0.3, 0.4) is 0 Å². The van der Waals surface area contributed by atoms with Gasteiger partial charge >= 0.3 is 0 Å². The summed E-state index contributed by atoms with van der Waals surface area (Å²) in [6.45, 7) is 4.53. The molecule has 0 N–H and O–H groups in total. The molecule has 2 aliphatic rings. The average Bonchev–Trinajstić information content (AvgIpc) is 2.75. The maximum Gasteiger partial charge on any atom is 0.197 e. The maximum atomic E-state index is 13.6. The molecule has 4 rings (SSSR count). The number of hydrogen-bond donors (Lipinski definition) is 0. The molecule has 2 unspecified atom stereocenters. The van der Waals surface area contributed by atoms with E-state index in [-0.39, 0.29) is 11.9 Å². The van der Waals surface area contributed by atoms with Crippen LogP contribution in [0.1, 0.15) is 30.5 Å². The molecule has 2 aromatic rings. The molecule has 0 spiro atoms. The molecule has 0 aromatic heterocycles. The summed E-state index contributed by atoms with van der Waals surface area (Å²) >= 11 is 6.52. The van der Waals surface area contributed by atoms with Crippen molar-refractivity contribution in [1.82, 2.24) is 9.80 Å². The molecule has 0 radical (unpaired) electrons. The summed E-state index contributed by atoms with van der Waals surface area (Å²) in [5, 5.41) is 0. The minimum absolute atomic E-state index is 0.00518. The van der Waals surface area contributed by atoms with Crippen LogP contribution in [0.2, 0.25) is 0 Å². The monoisotopic (exact) mass is 413 g/mol. The molecular formula is C23H25ClFN3O. The highest BCUT2D eigenvalue weighted by Gasteiger charge is 2.36. The Hall–Kier alpha value is -2.37. The highest BCUT2D eigenvalue weighted by molar-refractivity contribution is 6.21. The van der Waals surface area contributed by atoms with Crippen molar-refractivity contribution in [2.24, 2.45) is 4.99 Å². The van der Waals surface area contributed by atoms with Gasteiger partial charge in [-0.1, -0.05) is 35.9 Å². The number of hydrogen-bond acceptors (Lipinski definition) is 4. The molecule has 2 aromatic carbocycles. The first-order valence-electron chi connectivity index (χ1n) is 9.90. The molecule has 29 heavy (non-hydrogen) atoms. The number of ether oxygens (including phenoxy) is 1. The predicted octanol–water partition coefficient (Wildman–Crippen LogP) is 4.96. The lowest BCUT2D eigenvalue weighted by Crippen LogP contribution is -2.44. The van der Waals surface area contributed by atoms with Crippen molar-refractivity contribution in [2.75, 3.05) is 20.2 Å². The van der Waals surface area contributed by atoms with Gasteiger partial charge in [0.25, 0.3) is 0 Å². The van der Waals surface area contributed by atoms with Gasteiger partial charge in [0, 0.05) is 31.5 Å². The molecule has 6 heteroatoms. The Balaban J connectivity index is 1.73. The maximum absolute atomic E-state index is 13.6. The SMILES string of the molecule is CCN1C2=C(C=NC1Cl)CCN(Cc1ccc(OC)cc1)C2c1ccc(F)cc1. The number of likely N-dealkylation sites (N-methyl/N-ethyl adjacent to an activating group) is 1. The minimum Gasteiger partial charge on any atom is -0.497 e. The zero-order chi connectivity index (χ0) is 20.4. The van der Waals surface area contributed by atoms with Gasteiger partial charge in [-0.2, -0.15) is 0 Å². The molecular weight excluding hydrogens is 389 g/mol. The molecule has 2 aliphatic heterocycles. The van der Waals surface area contributed by atoms with E-state index in [1.54, 1.807) is 7.11 Å². The lowest BCUT2D eigenvalue weighted by Gasteiger charge is -2.45. The van der Waals surface area contributed by atoms with Crippen LogP contribution in [0.5, 0.6) is 5.75 Å². The molecule has 0 saturated carbocycles. The average molecular weight is 414 g/mol. The Morgan fingerprint density at radius 2 is 1.86 bits per heavy atom. The molecule has 4 nitrogen and oxygen atoms in total. The third-order valence-corrected chi connectivity index (χ3v) is 5.96. The van der Waals surface area contributed by atoms with E-state index >= 15 is 0 Å². The molecule has 152 valence electrons. The van der Waals surface area contributed by atoms with Crippen molar-refractivity contribution < 1.29 is 9.13 Å². The van der Waals surface area contributed by atoms with Crippen LogP contribution < -0.4 is 4.74 Å². The fourth-order valence-corrected chi connectivity index (χ4v) is 4.46. The minimum atomic E-state index is -0.414. The van der Waals surface area contributed by atoms with E-state index < -0.39 is 5.62 Å². The van der Waals surface area contributed by atoms with Gasteiger partial charge in [-0.25, -0.2) is 4.39 Å². The van der Waals surface area contributed by atoms with Crippen LogP contribution in [0.15, 0.2) is 64.8 Å². The molecule has 0 fully saturated rings. The van der Waals surface area contributed by atoms with E-state index in [9.17, 15) is 4.39 Å². The van der Waals surface area contributed by atoms with Crippen molar-refractivity contribution in [1.29, 1.82) is 0 Å². The van der Waals surface area contributed by atoms with Crippen molar-refractivity contribution >= 4 is 17.8 Å². The third-order valence-electron chi connectivity index (χ3n) is 5.61. The fraction of sp³-hybridized carbons (Fsp3) is 0.348. The van der Waals surface area contributed by atoms with E-state index in [2.05, 4.69) is 33.8 Å². The van der Waals surface area contributed by atoms with Crippen molar-refractivity contribution in [3.05, 3.63) is 76.7 Å². The zero-order valence-corrected chi connectivity index (χ0v) is 17.4. The molecule has 0 bridgehead atoms. The van der Waals surface area contributed by atoms with Gasteiger partial charge in [-0.3, -0.25) is 9.89 Å². The Morgan fingerprint density at radius 1 is 1.14 bits per heavy atom. The van der Waals surface area contributed by atoms with Gasteiger partial charge in [-0.15, -0.1) is 0 Å². The van der Waals surface area contributed by atoms with Gasteiger partial charge < -0.3 is 9.64 Å². The van der Waals surface area contributed by atoms with Gasteiger partial charge in [-0.05, 0) is 54.3 Å². The fourth-order valence-electron chi connectivity index (χ4n) is 4.16. The van der Waals surface area contributed by atoms with Crippen molar-refractivity contribution in [3.8, 4) is 5.75 Å². The van der Waals surface area contributed by atoms with Crippen LogP contribution >= 0.6 is 11.6 Å². The lowest BCUT2D eigenvalue weighted by molar-refractivity contribution is 0.155. The van der Waals surface area contributed by atoms with Gasteiger partial charge in [0.05, 0.1) is 13.2 Å². The first-order chi connectivity index (χ1) is 14.1. The Bertz CT molecular complexity index is 911. The number of rotatable bonds is 5. The Labute approximate surface area is 176 Å². The van der Waals surface area contributed by atoms with Crippen LogP contribution in [0, 0.1) is 5.82 Å². The summed E-state index contributed by atoms with van der Waals surface area (Å²) in [5.74, 6) is 0.617. The van der Waals surface area contributed by atoms with Crippen LogP contribution in [-0.2, 0) is 6.54 Å². The summed E-state index contributed by atoms with van der Waals surface area (Å²) in [5.41, 5.74) is 4.24. The summed E-state index contributed by atoms with van der Waals surface area (Å²) in [6.07, 6.45) is 2.83. The zero-order valence-electron chi connectivity index (χ0n) is 16.7. The van der Waals surface area contributed by atoms with Crippen LogP contribution in [0.4, 0.5) is 4.39 Å². The first-order valence-corrected chi connectivity index (χ1v) is 10.3. The highest BCUT2D eigenvalue weighted by atomic mass is 35.5.